The second-order valence-electron chi connectivity index (χ2n) is 6.45. The minimum Gasteiger partial charge on any atom is -0.497 e. The fraction of sp³-hybridized carbons (Fsp3) is 0.350. The normalized spacial score (nSPS) is 19.2. The highest BCUT2D eigenvalue weighted by molar-refractivity contribution is 9.10. The van der Waals surface area contributed by atoms with Gasteiger partial charge in [0, 0.05) is 23.0 Å². The lowest BCUT2D eigenvalue weighted by molar-refractivity contribution is -0.910. The van der Waals surface area contributed by atoms with E-state index in [1.807, 2.05) is 42.5 Å². The highest BCUT2D eigenvalue weighted by atomic mass is 79.9. The Labute approximate surface area is 162 Å². The third-order valence-corrected chi connectivity index (χ3v) is 5.29. The van der Waals surface area contributed by atoms with E-state index in [1.165, 1.54) is 4.90 Å². The number of halogens is 1. The van der Waals surface area contributed by atoms with E-state index in [9.17, 15) is 4.79 Å². The molecule has 1 aliphatic rings. The second kappa shape index (κ2) is 8.56. The van der Waals surface area contributed by atoms with Gasteiger partial charge in [-0.05, 0) is 36.4 Å². The summed E-state index contributed by atoms with van der Waals surface area (Å²) >= 11 is 3.43. The molecule has 0 bridgehead atoms. The number of anilines is 1. The summed E-state index contributed by atoms with van der Waals surface area (Å²) in [5.74, 6) is 1.68. The first-order valence-corrected chi connectivity index (χ1v) is 9.52. The number of rotatable bonds is 6. The summed E-state index contributed by atoms with van der Waals surface area (Å²) in [5.41, 5.74) is 1.91. The molecule has 2 atom stereocenters. The zero-order chi connectivity index (χ0) is 18.5. The maximum atomic E-state index is 12.5. The molecule has 2 aromatic rings. The van der Waals surface area contributed by atoms with Gasteiger partial charge >= 0.3 is 0 Å². The summed E-state index contributed by atoms with van der Waals surface area (Å²) in [4.78, 5) is 13.8. The summed E-state index contributed by atoms with van der Waals surface area (Å²) in [6, 6.07) is 13.7. The maximum Gasteiger partial charge on any atom is 0.279 e. The van der Waals surface area contributed by atoms with Gasteiger partial charge in [0.25, 0.3) is 5.91 Å². The van der Waals surface area contributed by atoms with Gasteiger partial charge in [-0.2, -0.15) is 0 Å². The molecule has 1 aliphatic heterocycles. The molecule has 138 valence electrons. The number of carbonyl (C=O) groups is 1. The minimum absolute atomic E-state index is 0.0202. The van der Waals surface area contributed by atoms with Crippen molar-refractivity contribution in [1.29, 1.82) is 0 Å². The van der Waals surface area contributed by atoms with Crippen molar-refractivity contribution in [1.82, 2.24) is 0 Å². The van der Waals surface area contributed by atoms with Crippen LogP contribution in [0.25, 0.3) is 0 Å². The van der Waals surface area contributed by atoms with Gasteiger partial charge in [0.15, 0.2) is 6.54 Å². The third-order valence-electron chi connectivity index (χ3n) is 4.79. The van der Waals surface area contributed by atoms with Crippen molar-refractivity contribution >= 4 is 27.5 Å². The van der Waals surface area contributed by atoms with Crippen molar-refractivity contribution in [2.24, 2.45) is 0 Å². The molecule has 6 heteroatoms. The van der Waals surface area contributed by atoms with Gasteiger partial charge in [-0.15, -0.1) is 0 Å². The molecular weight excluding hydrogens is 396 g/mol. The van der Waals surface area contributed by atoms with Gasteiger partial charge in [-0.25, -0.2) is 0 Å². The number of benzene rings is 2. The molecule has 1 amide bonds. The zero-order valence-corrected chi connectivity index (χ0v) is 16.6. The smallest absolute Gasteiger partial charge is 0.279 e. The summed E-state index contributed by atoms with van der Waals surface area (Å²) < 4.78 is 11.9. The van der Waals surface area contributed by atoms with Crippen molar-refractivity contribution in [3.8, 4) is 11.5 Å². The van der Waals surface area contributed by atoms with Crippen LogP contribution in [0.1, 0.15) is 24.4 Å². The number of carbonyl (C=O) groups excluding carboxylic acids is 1. The van der Waals surface area contributed by atoms with E-state index in [0.717, 1.165) is 46.6 Å². The van der Waals surface area contributed by atoms with Gasteiger partial charge in [0.1, 0.15) is 17.5 Å². The van der Waals surface area contributed by atoms with Gasteiger partial charge in [-0.1, -0.05) is 22.0 Å². The molecule has 1 heterocycles. The van der Waals surface area contributed by atoms with E-state index in [-0.39, 0.29) is 11.9 Å². The lowest BCUT2D eigenvalue weighted by Gasteiger charge is -2.23. The fourth-order valence-corrected chi connectivity index (χ4v) is 3.99. The zero-order valence-electron chi connectivity index (χ0n) is 15.0. The van der Waals surface area contributed by atoms with Crippen LogP contribution in [0.2, 0.25) is 0 Å². The Kier molecular flexibility index (Phi) is 6.16. The van der Waals surface area contributed by atoms with Crippen molar-refractivity contribution < 1.29 is 19.2 Å². The first kappa shape index (κ1) is 18.7. The molecule has 0 aliphatic carbocycles. The third kappa shape index (κ3) is 4.37. The average molecular weight is 420 g/mol. The molecule has 5 nitrogen and oxygen atoms in total. The van der Waals surface area contributed by atoms with Gasteiger partial charge in [0.05, 0.1) is 26.3 Å². The molecule has 1 unspecified atom stereocenters. The highest BCUT2D eigenvalue weighted by Gasteiger charge is 2.34. The molecule has 2 aromatic carbocycles. The minimum atomic E-state index is 0.0202. The predicted molar refractivity (Wildman–Crippen MR) is 105 cm³/mol. The van der Waals surface area contributed by atoms with Crippen LogP contribution in [0.3, 0.4) is 0 Å². The van der Waals surface area contributed by atoms with Crippen molar-refractivity contribution in [3.05, 3.63) is 52.5 Å². The molecule has 0 saturated carbocycles. The van der Waals surface area contributed by atoms with Crippen LogP contribution in [0.15, 0.2) is 46.9 Å². The van der Waals surface area contributed by atoms with Crippen LogP contribution >= 0.6 is 15.9 Å². The number of nitrogens with one attached hydrogen (secondary N) is 2. The van der Waals surface area contributed by atoms with Crippen LogP contribution in [-0.2, 0) is 4.79 Å². The van der Waals surface area contributed by atoms with Crippen LogP contribution in [-0.4, -0.2) is 33.2 Å². The highest BCUT2D eigenvalue weighted by Crippen LogP contribution is 2.31. The lowest BCUT2D eigenvalue weighted by Crippen LogP contribution is -3.11. The Morgan fingerprint density at radius 1 is 1.23 bits per heavy atom. The van der Waals surface area contributed by atoms with E-state index in [0.29, 0.717) is 6.54 Å². The Hall–Kier alpha value is -2.05. The topological polar surface area (TPSA) is 52.0 Å². The second-order valence-corrected chi connectivity index (χ2v) is 7.36. The molecule has 2 N–H and O–H groups in total. The lowest BCUT2D eigenvalue weighted by atomic mass is 10.0. The van der Waals surface area contributed by atoms with Crippen LogP contribution in [0, 0.1) is 0 Å². The van der Waals surface area contributed by atoms with E-state index in [4.69, 9.17) is 9.47 Å². The number of hydrogen-bond donors (Lipinski definition) is 2. The van der Waals surface area contributed by atoms with Crippen molar-refractivity contribution in [2.45, 2.75) is 18.9 Å². The maximum absolute atomic E-state index is 12.5. The molecule has 26 heavy (non-hydrogen) atoms. The summed E-state index contributed by atoms with van der Waals surface area (Å²) in [6.45, 7) is 1.40. The first-order chi connectivity index (χ1) is 12.6. The molecule has 1 saturated heterocycles. The van der Waals surface area contributed by atoms with Gasteiger partial charge < -0.3 is 19.7 Å². The Balaban J connectivity index is 1.73. The van der Waals surface area contributed by atoms with Crippen molar-refractivity contribution in [3.63, 3.8) is 0 Å². The SMILES string of the molecule is COc1ccc(OC)c([C@H]2CCC[NH+]2CC(=O)Nc2cccc(Br)c2)c1. The Bertz CT molecular complexity index is 781. The number of likely N-dealkylation sites (tertiary alicyclic amines) is 1. The number of quaternary nitrogens is 1. The Morgan fingerprint density at radius 2 is 2.08 bits per heavy atom. The molecule has 0 aromatic heterocycles. The Morgan fingerprint density at radius 3 is 2.81 bits per heavy atom. The number of hydrogen-bond acceptors (Lipinski definition) is 3. The summed E-state index contributed by atoms with van der Waals surface area (Å²) in [7, 11) is 3.34. The standard InChI is InChI=1S/C20H23BrN2O3/c1-25-16-8-9-19(26-2)17(12-16)18-7-4-10-23(18)13-20(24)22-15-6-3-5-14(21)11-15/h3,5-6,8-9,11-12,18H,4,7,10,13H2,1-2H3,(H,22,24)/p+1/t18-/m1/s1. The monoisotopic (exact) mass is 419 g/mol. The predicted octanol–water partition coefficient (Wildman–Crippen LogP) is 2.82. The van der Waals surface area contributed by atoms with Crippen LogP contribution in [0.4, 0.5) is 5.69 Å². The summed E-state index contributed by atoms with van der Waals surface area (Å²) in [6.07, 6.45) is 2.12. The number of methoxy groups -OCH3 is 2. The van der Waals surface area contributed by atoms with Crippen LogP contribution in [0.5, 0.6) is 11.5 Å². The van der Waals surface area contributed by atoms with E-state index in [1.54, 1.807) is 14.2 Å². The molecule has 0 spiro atoms. The first-order valence-electron chi connectivity index (χ1n) is 8.72. The largest absolute Gasteiger partial charge is 0.497 e. The molecule has 1 fully saturated rings. The molecule has 0 radical (unpaired) electrons. The quantitative estimate of drug-likeness (QED) is 0.756. The van der Waals surface area contributed by atoms with E-state index < -0.39 is 0 Å². The molecule has 3 rings (SSSR count). The van der Waals surface area contributed by atoms with Gasteiger partial charge in [0.2, 0.25) is 0 Å². The van der Waals surface area contributed by atoms with E-state index in [2.05, 4.69) is 21.2 Å². The fourth-order valence-electron chi connectivity index (χ4n) is 3.59. The van der Waals surface area contributed by atoms with Gasteiger partial charge in [-0.3, -0.25) is 4.79 Å². The molecular formula is C20H24BrN2O3+. The number of ether oxygens (including phenoxy) is 2. The van der Waals surface area contributed by atoms with Crippen molar-refractivity contribution in [2.75, 3.05) is 32.6 Å². The number of amides is 1. The van der Waals surface area contributed by atoms with Crippen LogP contribution < -0.4 is 19.7 Å². The summed E-state index contributed by atoms with van der Waals surface area (Å²) in [5, 5.41) is 2.99. The van der Waals surface area contributed by atoms with E-state index >= 15 is 0 Å². The average Bonchev–Trinajstić information content (AvgIpc) is 3.08.